The maximum absolute atomic E-state index is 10.1. The summed E-state index contributed by atoms with van der Waals surface area (Å²) in [5.74, 6) is 0. The van der Waals surface area contributed by atoms with Crippen molar-refractivity contribution in [3.05, 3.63) is 0 Å². The molecule has 1 amide bonds. The molecule has 2 atom stereocenters. The quantitative estimate of drug-likeness (QED) is 0.485. The topological polar surface area (TPSA) is 61.4 Å². The Labute approximate surface area is 59.6 Å². The predicted octanol–water partition coefficient (Wildman–Crippen LogP) is 0.00440. The Kier molecular flexibility index (Phi) is 2.11. The van der Waals surface area contributed by atoms with Gasteiger partial charge in [0.15, 0.2) is 0 Å². The summed E-state index contributed by atoms with van der Waals surface area (Å²) in [5, 5.41) is 13.9. The van der Waals surface area contributed by atoms with Crippen LogP contribution in [-0.2, 0) is 0 Å². The first-order valence-electron chi connectivity index (χ1n) is 3.41. The van der Waals surface area contributed by atoms with E-state index in [1.807, 2.05) is 6.92 Å². The van der Waals surface area contributed by atoms with Crippen LogP contribution in [0.3, 0.4) is 0 Å². The summed E-state index contributed by atoms with van der Waals surface area (Å²) in [6.45, 7) is 2.80. The Morgan fingerprint density at radius 2 is 2.50 bits per heavy atom. The number of carboxylic acid groups (broad SMARTS) is 1. The van der Waals surface area contributed by atoms with Crippen LogP contribution >= 0.6 is 0 Å². The molecule has 4 heteroatoms. The van der Waals surface area contributed by atoms with E-state index in [2.05, 4.69) is 10.6 Å². The minimum atomic E-state index is -0.930. The summed E-state index contributed by atoms with van der Waals surface area (Å²) in [7, 11) is 0. The van der Waals surface area contributed by atoms with Crippen molar-refractivity contribution in [1.29, 1.82) is 0 Å². The molecule has 0 unspecified atom stereocenters. The van der Waals surface area contributed by atoms with Gasteiger partial charge < -0.3 is 15.7 Å². The van der Waals surface area contributed by atoms with Crippen molar-refractivity contribution in [2.75, 3.05) is 6.54 Å². The van der Waals surface area contributed by atoms with E-state index in [-0.39, 0.29) is 6.04 Å². The molecule has 0 saturated carbocycles. The fourth-order valence-corrected chi connectivity index (χ4v) is 1.22. The normalized spacial score (nSPS) is 32.1. The molecule has 1 fully saturated rings. The third kappa shape index (κ3) is 1.88. The van der Waals surface area contributed by atoms with Crippen molar-refractivity contribution in [3.63, 3.8) is 0 Å². The molecule has 0 aromatic carbocycles. The maximum atomic E-state index is 10.1. The Morgan fingerprint density at radius 3 is 2.90 bits per heavy atom. The average molecular weight is 144 g/mol. The van der Waals surface area contributed by atoms with Gasteiger partial charge in [-0.15, -0.1) is 0 Å². The first-order valence-corrected chi connectivity index (χ1v) is 3.41. The summed E-state index contributed by atoms with van der Waals surface area (Å²) >= 11 is 0. The van der Waals surface area contributed by atoms with Gasteiger partial charge in [-0.2, -0.15) is 0 Å². The minimum Gasteiger partial charge on any atom is -0.465 e. The van der Waals surface area contributed by atoms with Crippen LogP contribution in [0.15, 0.2) is 0 Å². The average Bonchev–Trinajstić information content (AvgIpc) is 2.13. The lowest BCUT2D eigenvalue weighted by molar-refractivity contribution is 0.190. The molecular weight excluding hydrogens is 132 g/mol. The van der Waals surface area contributed by atoms with Gasteiger partial charge in [-0.25, -0.2) is 4.79 Å². The van der Waals surface area contributed by atoms with Gasteiger partial charge in [0.1, 0.15) is 0 Å². The van der Waals surface area contributed by atoms with Crippen molar-refractivity contribution in [2.24, 2.45) is 0 Å². The van der Waals surface area contributed by atoms with Crippen LogP contribution < -0.4 is 10.6 Å². The van der Waals surface area contributed by atoms with Gasteiger partial charge in [-0.05, 0) is 13.3 Å². The van der Waals surface area contributed by atoms with E-state index in [1.165, 1.54) is 0 Å². The van der Waals surface area contributed by atoms with Crippen LogP contribution in [0.4, 0.5) is 4.79 Å². The van der Waals surface area contributed by atoms with E-state index in [9.17, 15) is 4.79 Å². The third-order valence-corrected chi connectivity index (χ3v) is 1.68. The molecule has 3 N–H and O–H groups in total. The van der Waals surface area contributed by atoms with Crippen LogP contribution in [0.25, 0.3) is 0 Å². The molecule has 1 heterocycles. The molecule has 58 valence electrons. The molecule has 1 saturated heterocycles. The number of hydrogen-bond acceptors (Lipinski definition) is 2. The van der Waals surface area contributed by atoms with Crippen molar-refractivity contribution < 1.29 is 9.90 Å². The van der Waals surface area contributed by atoms with E-state index < -0.39 is 6.09 Å². The summed E-state index contributed by atoms with van der Waals surface area (Å²) in [6.07, 6.45) is -0.0346. The molecule has 1 rings (SSSR count). The Morgan fingerprint density at radius 1 is 1.80 bits per heavy atom. The first kappa shape index (κ1) is 7.34. The molecule has 1 aliphatic rings. The van der Waals surface area contributed by atoms with Crippen molar-refractivity contribution >= 4 is 6.09 Å². The van der Waals surface area contributed by atoms with Crippen LogP contribution in [0.2, 0.25) is 0 Å². The van der Waals surface area contributed by atoms with E-state index in [0.29, 0.717) is 6.04 Å². The van der Waals surface area contributed by atoms with E-state index >= 15 is 0 Å². The van der Waals surface area contributed by atoms with Gasteiger partial charge in [-0.3, -0.25) is 0 Å². The summed E-state index contributed by atoms with van der Waals surface area (Å²) in [5.41, 5.74) is 0. The zero-order chi connectivity index (χ0) is 7.56. The highest BCUT2D eigenvalue weighted by molar-refractivity contribution is 5.64. The minimum absolute atomic E-state index is 0.104. The third-order valence-electron chi connectivity index (χ3n) is 1.68. The Balaban J connectivity index is 2.24. The second kappa shape index (κ2) is 2.88. The number of amides is 1. The van der Waals surface area contributed by atoms with Crippen molar-refractivity contribution in [1.82, 2.24) is 10.6 Å². The van der Waals surface area contributed by atoms with Gasteiger partial charge in [0.25, 0.3) is 0 Å². The molecule has 0 aromatic heterocycles. The van der Waals surface area contributed by atoms with Crippen LogP contribution in [-0.4, -0.2) is 29.8 Å². The summed E-state index contributed by atoms with van der Waals surface area (Å²) < 4.78 is 0. The lowest BCUT2D eigenvalue weighted by Gasteiger charge is -2.06. The SMILES string of the molecule is C[C@H]1C[C@H](NC(=O)O)CN1. The molecular formula is C6H12N2O2. The van der Waals surface area contributed by atoms with Crippen LogP contribution in [0.1, 0.15) is 13.3 Å². The van der Waals surface area contributed by atoms with Crippen LogP contribution in [0, 0.1) is 0 Å². The zero-order valence-electron chi connectivity index (χ0n) is 5.92. The number of rotatable bonds is 1. The van der Waals surface area contributed by atoms with Gasteiger partial charge in [-0.1, -0.05) is 0 Å². The second-order valence-electron chi connectivity index (χ2n) is 2.69. The lowest BCUT2D eigenvalue weighted by atomic mass is 10.2. The van der Waals surface area contributed by atoms with Crippen molar-refractivity contribution in [3.8, 4) is 0 Å². The van der Waals surface area contributed by atoms with Crippen LogP contribution in [0.5, 0.6) is 0 Å². The van der Waals surface area contributed by atoms with Gasteiger partial charge in [0.05, 0.1) is 0 Å². The number of carbonyl (C=O) groups is 1. The Hall–Kier alpha value is -0.770. The Bertz CT molecular complexity index is 138. The van der Waals surface area contributed by atoms with Crippen molar-refractivity contribution in [2.45, 2.75) is 25.4 Å². The first-order chi connectivity index (χ1) is 4.68. The smallest absolute Gasteiger partial charge is 0.404 e. The standard InChI is InChI=1S/C6H12N2O2/c1-4-2-5(3-7-4)8-6(9)10/h4-5,7-8H,2-3H2,1H3,(H,9,10)/t4-,5-/m0/s1. The maximum Gasteiger partial charge on any atom is 0.404 e. The summed E-state index contributed by atoms with van der Waals surface area (Å²) in [4.78, 5) is 10.1. The highest BCUT2D eigenvalue weighted by atomic mass is 16.4. The largest absolute Gasteiger partial charge is 0.465 e. The second-order valence-corrected chi connectivity index (χ2v) is 2.69. The van der Waals surface area contributed by atoms with E-state index in [1.54, 1.807) is 0 Å². The summed E-state index contributed by atoms with van der Waals surface area (Å²) in [6, 6.07) is 0.546. The molecule has 10 heavy (non-hydrogen) atoms. The van der Waals surface area contributed by atoms with E-state index in [4.69, 9.17) is 5.11 Å². The zero-order valence-corrected chi connectivity index (χ0v) is 5.92. The fraction of sp³-hybridized carbons (Fsp3) is 0.833. The number of nitrogens with one attached hydrogen (secondary N) is 2. The molecule has 0 spiro atoms. The molecule has 4 nitrogen and oxygen atoms in total. The van der Waals surface area contributed by atoms with E-state index in [0.717, 1.165) is 13.0 Å². The predicted molar refractivity (Wildman–Crippen MR) is 37.0 cm³/mol. The number of hydrogen-bond donors (Lipinski definition) is 3. The van der Waals surface area contributed by atoms with Gasteiger partial charge in [0.2, 0.25) is 0 Å². The fourth-order valence-electron chi connectivity index (χ4n) is 1.22. The molecule has 0 radical (unpaired) electrons. The van der Waals surface area contributed by atoms with Gasteiger partial charge >= 0.3 is 6.09 Å². The molecule has 0 bridgehead atoms. The molecule has 1 aliphatic heterocycles. The van der Waals surface area contributed by atoms with Gasteiger partial charge in [0, 0.05) is 18.6 Å². The highest BCUT2D eigenvalue weighted by Crippen LogP contribution is 2.04. The lowest BCUT2D eigenvalue weighted by Crippen LogP contribution is -2.34. The monoisotopic (exact) mass is 144 g/mol. The highest BCUT2D eigenvalue weighted by Gasteiger charge is 2.21. The molecule has 0 aliphatic carbocycles. The molecule has 0 aromatic rings.